The average molecular weight is 328 g/mol. The second-order valence-corrected chi connectivity index (χ2v) is 5.56. The van der Waals surface area contributed by atoms with Crippen molar-refractivity contribution in [3.8, 4) is 11.5 Å². The van der Waals surface area contributed by atoms with Crippen LogP contribution in [0.15, 0.2) is 46.9 Å². The number of hydrogen-bond acceptors (Lipinski definition) is 4. The highest BCUT2D eigenvalue weighted by atomic mass is 35.5. The van der Waals surface area contributed by atoms with Gasteiger partial charge >= 0.3 is 11.8 Å². The van der Waals surface area contributed by atoms with E-state index < -0.39 is 5.91 Å². The van der Waals surface area contributed by atoms with E-state index in [1.807, 2.05) is 32.0 Å². The van der Waals surface area contributed by atoms with Crippen LogP contribution in [0.25, 0.3) is 11.5 Å². The van der Waals surface area contributed by atoms with Crippen LogP contribution in [0.5, 0.6) is 0 Å². The molecular formula is C17H14ClN3O2. The maximum Gasteiger partial charge on any atom is 0.313 e. The van der Waals surface area contributed by atoms with Gasteiger partial charge < -0.3 is 9.73 Å². The molecule has 0 saturated heterocycles. The van der Waals surface area contributed by atoms with E-state index in [1.54, 1.807) is 24.3 Å². The third-order valence-electron chi connectivity index (χ3n) is 3.54. The number of carbonyl (C=O) groups is 1. The molecule has 0 spiro atoms. The second-order valence-electron chi connectivity index (χ2n) is 5.12. The van der Waals surface area contributed by atoms with E-state index in [2.05, 4.69) is 15.5 Å². The number of anilines is 1. The fourth-order valence-corrected chi connectivity index (χ4v) is 2.31. The standard InChI is InChI=1S/C17H14ClN3O2/c1-10-5-3-8-14(11(10)2)19-15(22)17-21-20-16(23-17)12-6-4-7-13(18)9-12/h3-9H,1-2H3,(H,19,22). The summed E-state index contributed by atoms with van der Waals surface area (Å²) in [6, 6.07) is 12.7. The fraction of sp³-hybridized carbons (Fsp3) is 0.118. The van der Waals surface area contributed by atoms with Gasteiger partial charge in [0.15, 0.2) is 0 Å². The summed E-state index contributed by atoms with van der Waals surface area (Å²) >= 11 is 5.93. The maximum absolute atomic E-state index is 12.3. The van der Waals surface area contributed by atoms with Crippen molar-refractivity contribution < 1.29 is 9.21 Å². The highest BCUT2D eigenvalue weighted by Crippen LogP contribution is 2.22. The van der Waals surface area contributed by atoms with Crippen molar-refractivity contribution in [2.24, 2.45) is 0 Å². The zero-order chi connectivity index (χ0) is 16.4. The van der Waals surface area contributed by atoms with Crippen LogP contribution in [0, 0.1) is 13.8 Å². The molecule has 3 aromatic rings. The minimum atomic E-state index is -0.445. The molecule has 1 N–H and O–H groups in total. The first kappa shape index (κ1) is 15.2. The molecule has 5 nitrogen and oxygen atoms in total. The molecular weight excluding hydrogens is 314 g/mol. The second kappa shape index (κ2) is 6.22. The summed E-state index contributed by atoms with van der Waals surface area (Å²) in [4.78, 5) is 12.3. The van der Waals surface area contributed by atoms with Crippen molar-refractivity contribution in [3.63, 3.8) is 0 Å². The van der Waals surface area contributed by atoms with Crippen LogP contribution < -0.4 is 5.32 Å². The Kier molecular flexibility index (Phi) is 4.12. The molecule has 3 rings (SSSR count). The highest BCUT2D eigenvalue weighted by Gasteiger charge is 2.17. The Bertz CT molecular complexity index is 874. The molecule has 0 unspecified atom stereocenters. The van der Waals surface area contributed by atoms with Crippen molar-refractivity contribution in [3.05, 3.63) is 64.5 Å². The van der Waals surface area contributed by atoms with Gasteiger partial charge in [0.2, 0.25) is 5.89 Å². The Labute approximate surface area is 138 Å². The molecule has 0 fully saturated rings. The average Bonchev–Trinajstić information content (AvgIpc) is 3.02. The number of aromatic nitrogens is 2. The third-order valence-corrected chi connectivity index (χ3v) is 3.78. The normalized spacial score (nSPS) is 10.6. The number of halogens is 1. The zero-order valence-corrected chi connectivity index (χ0v) is 13.4. The number of nitrogens with one attached hydrogen (secondary N) is 1. The van der Waals surface area contributed by atoms with Gasteiger partial charge in [-0.05, 0) is 49.2 Å². The van der Waals surface area contributed by atoms with Crippen LogP contribution in [-0.2, 0) is 0 Å². The minimum Gasteiger partial charge on any atom is -0.412 e. The number of carbonyl (C=O) groups excluding carboxylic acids is 1. The third kappa shape index (κ3) is 3.24. The van der Waals surface area contributed by atoms with E-state index in [0.717, 1.165) is 16.8 Å². The zero-order valence-electron chi connectivity index (χ0n) is 12.6. The fourth-order valence-electron chi connectivity index (χ4n) is 2.12. The molecule has 0 aliphatic carbocycles. The van der Waals surface area contributed by atoms with E-state index in [-0.39, 0.29) is 11.8 Å². The first-order valence-corrected chi connectivity index (χ1v) is 7.39. The van der Waals surface area contributed by atoms with E-state index in [0.29, 0.717) is 10.6 Å². The summed E-state index contributed by atoms with van der Waals surface area (Å²) in [5.41, 5.74) is 3.47. The van der Waals surface area contributed by atoms with Crippen molar-refractivity contribution in [1.29, 1.82) is 0 Å². The lowest BCUT2D eigenvalue weighted by atomic mass is 10.1. The predicted molar refractivity (Wildman–Crippen MR) is 88.6 cm³/mol. The minimum absolute atomic E-state index is 0.0964. The van der Waals surface area contributed by atoms with Crippen molar-refractivity contribution in [2.75, 3.05) is 5.32 Å². The lowest BCUT2D eigenvalue weighted by Crippen LogP contribution is -2.13. The van der Waals surface area contributed by atoms with Gasteiger partial charge in [0.25, 0.3) is 0 Å². The Morgan fingerprint density at radius 2 is 1.91 bits per heavy atom. The van der Waals surface area contributed by atoms with E-state index >= 15 is 0 Å². The molecule has 1 amide bonds. The number of hydrogen-bond donors (Lipinski definition) is 1. The van der Waals surface area contributed by atoms with Gasteiger partial charge in [-0.25, -0.2) is 0 Å². The molecule has 6 heteroatoms. The van der Waals surface area contributed by atoms with Gasteiger partial charge in [0.05, 0.1) is 0 Å². The van der Waals surface area contributed by atoms with E-state index in [1.165, 1.54) is 0 Å². The summed E-state index contributed by atoms with van der Waals surface area (Å²) in [7, 11) is 0. The van der Waals surface area contributed by atoms with Gasteiger partial charge in [-0.15, -0.1) is 10.2 Å². The van der Waals surface area contributed by atoms with Gasteiger partial charge in [0.1, 0.15) is 0 Å². The van der Waals surface area contributed by atoms with Gasteiger partial charge in [-0.1, -0.05) is 29.8 Å². The lowest BCUT2D eigenvalue weighted by Gasteiger charge is -2.08. The summed E-state index contributed by atoms with van der Waals surface area (Å²) in [5, 5.41) is 11.0. The van der Waals surface area contributed by atoms with Crippen LogP contribution in [0.2, 0.25) is 5.02 Å². The summed E-state index contributed by atoms with van der Waals surface area (Å²) in [5.74, 6) is -0.293. The number of nitrogens with zero attached hydrogens (tertiary/aromatic N) is 2. The van der Waals surface area contributed by atoms with Gasteiger partial charge in [-0.2, -0.15) is 0 Å². The largest absolute Gasteiger partial charge is 0.412 e. The van der Waals surface area contributed by atoms with Crippen LogP contribution >= 0.6 is 11.6 Å². The number of benzene rings is 2. The predicted octanol–water partition coefficient (Wildman–Crippen LogP) is 4.26. The quantitative estimate of drug-likeness (QED) is 0.780. The van der Waals surface area contributed by atoms with E-state index in [9.17, 15) is 4.79 Å². The van der Waals surface area contributed by atoms with Crippen LogP contribution in [0.1, 0.15) is 21.8 Å². The van der Waals surface area contributed by atoms with Crippen molar-refractivity contribution in [1.82, 2.24) is 10.2 Å². The van der Waals surface area contributed by atoms with Gasteiger partial charge in [0, 0.05) is 16.3 Å². The highest BCUT2D eigenvalue weighted by molar-refractivity contribution is 6.30. The smallest absolute Gasteiger partial charge is 0.313 e. The first-order valence-electron chi connectivity index (χ1n) is 7.01. The molecule has 23 heavy (non-hydrogen) atoms. The number of rotatable bonds is 3. The SMILES string of the molecule is Cc1cccc(NC(=O)c2nnc(-c3cccc(Cl)c3)o2)c1C. The Hall–Kier alpha value is -2.66. The molecule has 1 aromatic heterocycles. The molecule has 2 aromatic carbocycles. The summed E-state index contributed by atoms with van der Waals surface area (Å²) in [6.07, 6.45) is 0. The van der Waals surface area contributed by atoms with Crippen LogP contribution in [-0.4, -0.2) is 16.1 Å². The molecule has 1 heterocycles. The monoisotopic (exact) mass is 327 g/mol. The van der Waals surface area contributed by atoms with Crippen molar-refractivity contribution in [2.45, 2.75) is 13.8 Å². The molecule has 0 radical (unpaired) electrons. The lowest BCUT2D eigenvalue weighted by molar-refractivity contribution is 0.0990. The van der Waals surface area contributed by atoms with E-state index in [4.69, 9.17) is 16.0 Å². The molecule has 0 aliphatic heterocycles. The van der Waals surface area contributed by atoms with Crippen LogP contribution in [0.4, 0.5) is 5.69 Å². The van der Waals surface area contributed by atoms with Crippen LogP contribution in [0.3, 0.4) is 0 Å². The summed E-state index contributed by atoms with van der Waals surface area (Å²) < 4.78 is 5.44. The molecule has 0 saturated carbocycles. The maximum atomic E-state index is 12.3. The molecule has 0 bridgehead atoms. The first-order chi connectivity index (χ1) is 11.0. The van der Waals surface area contributed by atoms with Gasteiger partial charge in [-0.3, -0.25) is 4.79 Å². The number of amides is 1. The molecule has 116 valence electrons. The number of aryl methyl sites for hydroxylation is 1. The Balaban J connectivity index is 1.83. The van der Waals surface area contributed by atoms with Crippen molar-refractivity contribution >= 4 is 23.2 Å². The molecule has 0 atom stereocenters. The Morgan fingerprint density at radius 3 is 2.70 bits per heavy atom. The topological polar surface area (TPSA) is 68.0 Å². The molecule has 0 aliphatic rings. The Morgan fingerprint density at radius 1 is 1.13 bits per heavy atom. The summed E-state index contributed by atoms with van der Waals surface area (Å²) in [6.45, 7) is 3.92.